The standard InChI is InChI=1S/C22H24FNO3/c23-17-7-3-6-15(11-17)19-12-20(19)22(26)24(14-18-8-4-10-27-18)13-16-5-1-2-9-21(16)25/h1-3,5-7,9,11,18-20,25H,4,8,10,12-14H2. The van der Waals surface area contributed by atoms with Crippen molar-refractivity contribution < 1.29 is 19.0 Å². The Bertz CT molecular complexity index is 819. The number of carbonyl (C=O) groups is 1. The molecule has 2 aromatic rings. The van der Waals surface area contributed by atoms with Gasteiger partial charge in [-0.3, -0.25) is 4.79 Å². The summed E-state index contributed by atoms with van der Waals surface area (Å²) >= 11 is 0. The van der Waals surface area contributed by atoms with Gasteiger partial charge in [0.1, 0.15) is 11.6 Å². The van der Waals surface area contributed by atoms with E-state index in [2.05, 4.69) is 0 Å². The van der Waals surface area contributed by atoms with E-state index >= 15 is 0 Å². The summed E-state index contributed by atoms with van der Waals surface area (Å²) in [6.45, 7) is 1.62. The molecule has 2 aromatic carbocycles. The monoisotopic (exact) mass is 369 g/mol. The molecule has 1 aliphatic carbocycles. The summed E-state index contributed by atoms with van der Waals surface area (Å²) in [7, 11) is 0. The lowest BCUT2D eigenvalue weighted by atomic mass is 10.1. The quantitative estimate of drug-likeness (QED) is 0.842. The van der Waals surface area contributed by atoms with Crippen molar-refractivity contribution in [2.45, 2.75) is 37.8 Å². The molecule has 2 aliphatic rings. The Kier molecular flexibility index (Phi) is 5.12. The molecule has 1 amide bonds. The van der Waals surface area contributed by atoms with Crippen LogP contribution in [0.4, 0.5) is 4.39 Å². The minimum atomic E-state index is -0.268. The van der Waals surface area contributed by atoms with E-state index in [4.69, 9.17) is 4.74 Å². The number of hydrogen-bond acceptors (Lipinski definition) is 3. The number of hydrogen-bond donors (Lipinski definition) is 1. The van der Waals surface area contributed by atoms with Crippen molar-refractivity contribution in [2.24, 2.45) is 5.92 Å². The molecule has 3 atom stereocenters. The first kappa shape index (κ1) is 18.0. The number of aromatic hydroxyl groups is 1. The van der Waals surface area contributed by atoms with Crippen LogP contribution in [0, 0.1) is 11.7 Å². The van der Waals surface area contributed by atoms with Gasteiger partial charge in [0.2, 0.25) is 5.91 Å². The number of phenols is 1. The molecule has 0 spiro atoms. The lowest BCUT2D eigenvalue weighted by molar-refractivity contribution is -0.135. The third kappa shape index (κ3) is 4.14. The van der Waals surface area contributed by atoms with Gasteiger partial charge >= 0.3 is 0 Å². The highest BCUT2D eigenvalue weighted by molar-refractivity contribution is 5.83. The van der Waals surface area contributed by atoms with Gasteiger partial charge in [0.25, 0.3) is 0 Å². The molecular formula is C22H24FNO3. The van der Waals surface area contributed by atoms with E-state index in [9.17, 15) is 14.3 Å². The van der Waals surface area contributed by atoms with Crippen molar-refractivity contribution in [3.05, 3.63) is 65.5 Å². The Morgan fingerprint density at radius 1 is 1.22 bits per heavy atom. The molecular weight excluding hydrogens is 345 g/mol. The fourth-order valence-electron chi connectivity index (χ4n) is 3.92. The van der Waals surface area contributed by atoms with Crippen molar-refractivity contribution in [3.63, 3.8) is 0 Å². The van der Waals surface area contributed by atoms with E-state index in [0.29, 0.717) is 13.1 Å². The second-order valence-corrected chi connectivity index (χ2v) is 7.49. The van der Waals surface area contributed by atoms with Crippen LogP contribution in [-0.2, 0) is 16.1 Å². The second-order valence-electron chi connectivity index (χ2n) is 7.49. The Hall–Kier alpha value is -2.40. The normalized spacial score (nSPS) is 24.0. The lowest BCUT2D eigenvalue weighted by Gasteiger charge is -2.26. The highest BCUT2D eigenvalue weighted by Gasteiger charge is 2.46. The smallest absolute Gasteiger partial charge is 0.226 e. The molecule has 3 unspecified atom stereocenters. The predicted octanol–water partition coefficient (Wildman–Crippen LogP) is 3.84. The number of ether oxygens (including phenoxy) is 1. The van der Waals surface area contributed by atoms with E-state index in [-0.39, 0.29) is 35.4 Å². The second kappa shape index (κ2) is 7.69. The number of phenolic OH excluding ortho intramolecular Hbond substituents is 1. The predicted molar refractivity (Wildman–Crippen MR) is 99.7 cm³/mol. The largest absolute Gasteiger partial charge is 0.508 e. The van der Waals surface area contributed by atoms with Crippen molar-refractivity contribution in [1.29, 1.82) is 0 Å². The average molecular weight is 369 g/mol. The molecule has 1 N–H and O–H groups in total. The zero-order valence-corrected chi connectivity index (χ0v) is 15.2. The number of nitrogens with zero attached hydrogens (tertiary/aromatic N) is 1. The van der Waals surface area contributed by atoms with E-state index in [1.54, 1.807) is 23.1 Å². The van der Waals surface area contributed by atoms with Crippen LogP contribution in [0.5, 0.6) is 5.75 Å². The zero-order valence-electron chi connectivity index (χ0n) is 15.2. The molecule has 4 rings (SSSR count). The van der Waals surface area contributed by atoms with Crippen molar-refractivity contribution >= 4 is 5.91 Å². The Morgan fingerprint density at radius 3 is 2.81 bits per heavy atom. The van der Waals surface area contributed by atoms with Crippen LogP contribution in [0.2, 0.25) is 0 Å². The van der Waals surface area contributed by atoms with Gasteiger partial charge in [0.05, 0.1) is 6.10 Å². The summed E-state index contributed by atoms with van der Waals surface area (Å²) in [5, 5.41) is 10.1. The number of amides is 1. The Labute approximate surface area is 158 Å². The minimum Gasteiger partial charge on any atom is -0.508 e. The summed E-state index contributed by atoms with van der Waals surface area (Å²) in [5.41, 5.74) is 1.61. The fourth-order valence-corrected chi connectivity index (χ4v) is 3.92. The van der Waals surface area contributed by atoms with Gasteiger partial charge in [-0.25, -0.2) is 4.39 Å². The zero-order chi connectivity index (χ0) is 18.8. The summed E-state index contributed by atoms with van der Waals surface area (Å²) < 4.78 is 19.2. The summed E-state index contributed by atoms with van der Waals surface area (Å²) in [6, 6.07) is 13.6. The lowest BCUT2D eigenvalue weighted by Crippen LogP contribution is -2.38. The van der Waals surface area contributed by atoms with Crippen LogP contribution in [0.15, 0.2) is 48.5 Å². The molecule has 4 nitrogen and oxygen atoms in total. The first-order valence-electron chi connectivity index (χ1n) is 9.54. The molecule has 0 aromatic heterocycles. The first-order chi connectivity index (χ1) is 13.1. The Morgan fingerprint density at radius 2 is 2.07 bits per heavy atom. The maximum absolute atomic E-state index is 13.5. The van der Waals surface area contributed by atoms with Crippen LogP contribution in [0.25, 0.3) is 0 Å². The highest BCUT2D eigenvalue weighted by atomic mass is 19.1. The van der Waals surface area contributed by atoms with Crippen LogP contribution < -0.4 is 0 Å². The molecule has 2 fully saturated rings. The van der Waals surface area contributed by atoms with Gasteiger partial charge in [-0.05, 0) is 48.9 Å². The van der Waals surface area contributed by atoms with Crippen LogP contribution in [-0.4, -0.2) is 35.2 Å². The third-order valence-electron chi connectivity index (χ3n) is 5.50. The molecule has 0 radical (unpaired) electrons. The van der Waals surface area contributed by atoms with E-state index in [1.807, 2.05) is 18.2 Å². The van der Waals surface area contributed by atoms with Crippen LogP contribution >= 0.6 is 0 Å². The van der Waals surface area contributed by atoms with Gasteiger partial charge in [0.15, 0.2) is 0 Å². The number of rotatable bonds is 6. The van der Waals surface area contributed by atoms with Crippen LogP contribution in [0.1, 0.15) is 36.3 Å². The number of carbonyl (C=O) groups excluding carboxylic acids is 1. The summed E-state index contributed by atoms with van der Waals surface area (Å²) in [5.74, 6) is -0.0669. The summed E-state index contributed by atoms with van der Waals surface area (Å²) in [4.78, 5) is 15.0. The van der Waals surface area contributed by atoms with E-state index in [0.717, 1.165) is 37.0 Å². The fraction of sp³-hybridized carbons (Fsp3) is 0.409. The molecule has 1 aliphatic heterocycles. The van der Waals surface area contributed by atoms with Gasteiger partial charge in [-0.15, -0.1) is 0 Å². The molecule has 27 heavy (non-hydrogen) atoms. The SMILES string of the molecule is O=C(C1CC1c1cccc(F)c1)N(Cc1ccccc1O)CC1CCCO1. The number of halogens is 1. The molecule has 142 valence electrons. The topological polar surface area (TPSA) is 49.8 Å². The minimum absolute atomic E-state index is 0.0474. The maximum atomic E-state index is 13.5. The van der Waals surface area contributed by atoms with Crippen molar-refractivity contribution in [2.75, 3.05) is 13.2 Å². The Balaban J connectivity index is 1.49. The average Bonchev–Trinajstić information content (AvgIpc) is 3.31. The van der Waals surface area contributed by atoms with E-state index < -0.39 is 0 Å². The van der Waals surface area contributed by atoms with Crippen molar-refractivity contribution in [1.82, 2.24) is 4.90 Å². The maximum Gasteiger partial charge on any atom is 0.226 e. The highest BCUT2D eigenvalue weighted by Crippen LogP contribution is 2.48. The van der Waals surface area contributed by atoms with E-state index in [1.165, 1.54) is 12.1 Å². The van der Waals surface area contributed by atoms with Crippen molar-refractivity contribution in [3.8, 4) is 5.75 Å². The van der Waals surface area contributed by atoms with Gasteiger partial charge in [-0.2, -0.15) is 0 Å². The van der Waals surface area contributed by atoms with Gasteiger partial charge in [-0.1, -0.05) is 30.3 Å². The molecule has 0 bridgehead atoms. The van der Waals surface area contributed by atoms with Gasteiger partial charge < -0.3 is 14.7 Å². The molecule has 1 saturated heterocycles. The molecule has 5 heteroatoms. The van der Waals surface area contributed by atoms with Gasteiger partial charge in [0, 0.05) is 31.2 Å². The first-order valence-corrected chi connectivity index (χ1v) is 9.54. The molecule has 1 heterocycles. The number of para-hydroxylation sites is 1. The third-order valence-corrected chi connectivity index (χ3v) is 5.50. The summed E-state index contributed by atoms with van der Waals surface area (Å²) in [6.07, 6.45) is 2.75. The van der Waals surface area contributed by atoms with Crippen LogP contribution in [0.3, 0.4) is 0 Å². The molecule has 1 saturated carbocycles. The number of benzene rings is 2.